The predicted octanol–water partition coefficient (Wildman–Crippen LogP) is 0.132. The second-order valence-electron chi connectivity index (χ2n) is 2.84. The van der Waals surface area contributed by atoms with E-state index in [1.165, 1.54) is 5.56 Å². The van der Waals surface area contributed by atoms with Crippen LogP contribution in [0, 0.1) is 0 Å². The summed E-state index contributed by atoms with van der Waals surface area (Å²) in [4.78, 5) is 0. The molecule has 0 bridgehead atoms. The molecule has 0 saturated carbocycles. The molecule has 1 aromatic rings. The Morgan fingerprint density at radius 2 is 1.92 bits per heavy atom. The van der Waals surface area contributed by atoms with Crippen molar-refractivity contribution in [1.29, 1.82) is 0 Å². The Bertz CT molecular complexity index is 198. The van der Waals surface area contributed by atoms with Crippen LogP contribution < -0.4 is 5.32 Å². The van der Waals surface area contributed by atoms with Crippen molar-refractivity contribution < 1.29 is 10.4 Å². The minimum atomic E-state index is 0.297. The quantitative estimate of drug-likeness (QED) is 0.599. The van der Waals surface area contributed by atoms with E-state index in [-0.39, 0.29) is 0 Å². The van der Waals surface area contributed by atoms with E-state index in [1.54, 1.807) is 0 Å². The first-order valence-electron chi connectivity index (χ1n) is 4.40. The Kier molecular flexibility index (Phi) is 4.42. The van der Waals surface area contributed by atoms with Gasteiger partial charge >= 0.3 is 0 Å². The lowest BCUT2D eigenvalue weighted by atomic mass is 10.2. The van der Waals surface area contributed by atoms with Crippen LogP contribution >= 0.6 is 0 Å². The average molecular weight is 166 g/mol. The maximum atomic E-state index is 8.54. The monoisotopic (exact) mass is 166 g/mol. The fourth-order valence-electron chi connectivity index (χ4n) is 1.12. The van der Waals surface area contributed by atoms with Crippen molar-refractivity contribution in [2.45, 2.75) is 13.0 Å². The predicted molar refractivity (Wildman–Crippen MR) is 48.6 cm³/mol. The lowest BCUT2D eigenvalue weighted by Gasteiger charge is -1.99. The summed E-state index contributed by atoms with van der Waals surface area (Å²) in [5.41, 5.74) is 1.34. The SMILES string of the molecule is OCCC[NH2+]Cc1ccccc1. The van der Waals surface area contributed by atoms with Gasteiger partial charge in [-0.25, -0.2) is 0 Å². The normalized spacial score (nSPS) is 10.1. The van der Waals surface area contributed by atoms with Crippen LogP contribution in [0.25, 0.3) is 0 Å². The summed E-state index contributed by atoms with van der Waals surface area (Å²) in [6.07, 6.45) is 0.882. The summed E-state index contributed by atoms with van der Waals surface area (Å²) in [6, 6.07) is 10.4. The summed E-state index contributed by atoms with van der Waals surface area (Å²) in [6.45, 7) is 2.32. The molecule has 0 aromatic heterocycles. The standard InChI is InChI=1S/C10H15NO/c12-8-4-7-11-9-10-5-2-1-3-6-10/h1-3,5-6,11-12H,4,7-9H2/p+1. The molecule has 0 fully saturated rings. The van der Waals surface area contributed by atoms with Gasteiger partial charge in [0.15, 0.2) is 0 Å². The van der Waals surface area contributed by atoms with Gasteiger partial charge in [-0.05, 0) is 0 Å². The van der Waals surface area contributed by atoms with Gasteiger partial charge in [-0.2, -0.15) is 0 Å². The molecule has 0 spiro atoms. The molecule has 2 nitrogen and oxygen atoms in total. The summed E-state index contributed by atoms with van der Waals surface area (Å²) < 4.78 is 0. The lowest BCUT2D eigenvalue weighted by molar-refractivity contribution is -0.671. The van der Waals surface area contributed by atoms with Gasteiger partial charge in [0, 0.05) is 18.6 Å². The molecule has 0 unspecified atom stereocenters. The van der Waals surface area contributed by atoms with Crippen LogP contribution in [0.4, 0.5) is 0 Å². The number of benzene rings is 1. The molecule has 1 rings (SSSR count). The van der Waals surface area contributed by atoms with Crippen molar-refractivity contribution in [2.24, 2.45) is 0 Å². The van der Waals surface area contributed by atoms with Crippen molar-refractivity contribution in [2.75, 3.05) is 13.2 Å². The van der Waals surface area contributed by atoms with E-state index >= 15 is 0 Å². The Hall–Kier alpha value is -0.860. The van der Waals surface area contributed by atoms with E-state index in [1.807, 2.05) is 6.07 Å². The number of hydrogen-bond acceptors (Lipinski definition) is 1. The average Bonchev–Trinajstić information content (AvgIpc) is 2.14. The third-order valence-corrected chi connectivity index (χ3v) is 1.79. The molecule has 1 aromatic carbocycles. The zero-order chi connectivity index (χ0) is 8.65. The summed E-state index contributed by atoms with van der Waals surface area (Å²) in [5.74, 6) is 0. The Morgan fingerprint density at radius 1 is 1.17 bits per heavy atom. The molecule has 0 amide bonds. The molecule has 0 atom stereocenters. The summed E-state index contributed by atoms with van der Waals surface area (Å²) in [5, 5.41) is 10.8. The molecular weight excluding hydrogens is 150 g/mol. The molecule has 66 valence electrons. The number of hydrogen-bond donors (Lipinski definition) is 2. The van der Waals surface area contributed by atoms with Crippen LogP contribution in [0.5, 0.6) is 0 Å². The van der Waals surface area contributed by atoms with Gasteiger partial charge in [-0.1, -0.05) is 30.3 Å². The van der Waals surface area contributed by atoms with E-state index in [9.17, 15) is 0 Å². The number of quaternary nitrogens is 1. The number of aliphatic hydroxyl groups is 1. The second-order valence-corrected chi connectivity index (χ2v) is 2.84. The van der Waals surface area contributed by atoms with E-state index < -0.39 is 0 Å². The van der Waals surface area contributed by atoms with Gasteiger partial charge in [0.2, 0.25) is 0 Å². The first-order chi connectivity index (χ1) is 5.93. The second kappa shape index (κ2) is 5.75. The summed E-state index contributed by atoms with van der Waals surface area (Å²) >= 11 is 0. The van der Waals surface area contributed by atoms with Gasteiger partial charge in [0.1, 0.15) is 6.54 Å². The molecule has 12 heavy (non-hydrogen) atoms. The molecule has 2 heteroatoms. The van der Waals surface area contributed by atoms with E-state index in [0.29, 0.717) is 6.61 Å². The first-order valence-corrected chi connectivity index (χ1v) is 4.40. The van der Waals surface area contributed by atoms with Crippen LogP contribution in [0.3, 0.4) is 0 Å². The van der Waals surface area contributed by atoms with E-state index in [2.05, 4.69) is 29.6 Å². The molecule has 0 aliphatic rings. The molecule has 0 aliphatic carbocycles. The fraction of sp³-hybridized carbons (Fsp3) is 0.400. The highest BCUT2D eigenvalue weighted by Gasteiger charge is 1.92. The van der Waals surface area contributed by atoms with Crippen LogP contribution in [-0.2, 0) is 6.54 Å². The van der Waals surface area contributed by atoms with Crippen molar-refractivity contribution in [3.63, 3.8) is 0 Å². The lowest BCUT2D eigenvalue weighted by Crippen LogP contribution is -2.82. The number of aliphatic hydroxyl groups excluding tert-OH is 1. The molecule has 3 N–H and O–H groups in total. The molecule has 0 heterocycles. The van der Waals surface area contributed by atoms with Crippen LogP contribution in [-0.4, -0.2) is 18.3 Å². The highest BCUT2D eigenvalue weighted by molar-refractivity contribution is 5.12. The summed E-state index contributed by atoms with van der Waals surface area (Å²) in [7, 11) is 0. The third kappa shape index (κ3) is 3.51. The zero-order valence-corrected chi connectivity index (χ0v) is 7.24. The van der Waals surface area contributed by atoms with Crippen LogP contribution in [0.2, 0.25) is 0 Å². The molecule has 0 radical (unpaired) electrons. The minimum absolute atomic E-state index is 0.297. The minimum Gasteiger partial charge on any atom is -0.396 e. The van der Waals surface area contributed by atoms with Crippen molar-refractivity contribution in [3.8, 4) is 0 Å². The Labute approximate surface area is 73.2 Å². The maximum absolute atomic E-state index is 8.54. The van der Waals surface area contributed by atoms with Crippen molar-refractivity contribution >= 4 is 0 Å². The van der Waals surface area contributed by atoms with Gasteiger partial charge in [-0.15, -0.1) is 0 Å². The molecule has 0 aliphatic heterocycles. The topological polar surface area (TPSA) is 36.8 Å². The van der Waals surface area contributed by atoms with E-state index in [0.717, 1.165) is 19.5 Å². The van der Waals surface area contributed by atoms with Gasteiger partial charge in [-0.3, -0.25) is 0 Å². The van der Waals surface area contributed by atoms with Crippen molar-refractivity contribution in [3.05, 3.63) is 35.9 Å². The van der Waals surface area contributed by atoms with Crippen LogP contribution in [0.1, 0.15) is 12.0 Å². The van der Waals surface area contributed by atoms with Gasteiger partial charge < -0.3 is 10.4 Å². The van der Waals surface area contributed by atoms with E-state index in [4.69, 9.17) is 5.11 Å². The molecule has 0 saturated heterocycles. The van der Waals surface area contributed by atoms with Gasteiger partial charge in [0.05, 0.1) is 6.54 Å². The first kappa shape index (κ1) is 9.23. The highest BCUT2D eigenvalue weighted by Crippen LogP contribution is 1.94. The fourth-order valence-corrected chi connectivity index (χ4v) is 1.12. The third-order valence-electron chi connectivity index (χ3n) is 1.79. The van der Waals surface area contributed by atoms with Crippen molar-refractivity contribution in [1.82, 2.24) is 0 Å². The Balaban J connectivity index is 2.16. The Morgan fingerprint density at radius 3 is 2.58 bits per heavy atom. The maximum Gasteiger partial charge on any atom is 0.101 e. The number of nitrogens with two attached hydrogens (primary N) is 1. The van der Waals surface area contributed by atoms with Gasteiger partial charge in [0.25, 0.3) is 0 Å². The zero-order valence-electron chi connectivity index (χ0n) is 7.24. The largest absolute Gasteiger partial charge is 0.396 e. The number of rotatable bonds is 5. The van der Waals surface area contributed by atoms with Crippen LogP contribution in [0.15, 0.2) is 30.3 Å². The molecular formula is C10H16NO+. The highest BCUT2D eigenvalue weighted by atomic mass is 16.3. The smallest absolute Gasteiger partial charge is 0.101 e.